The third-order valence-corrected chi connectivity index (χ3v) is 2.89. The highest BCUT2D eigenvalue weighted by Gasteiger charge is 1.99. The highest BCUT2D eigenvalue weighted by Crippen LogP contribution is 2.19. The number of nitrogens with one attached hydrogen (secondary N) is 1. The van der Waals surface area contributed by atoms with Crippen molar-refractivity contribution < 1.29 is 9.90 Å². The van der Waals surface area contributed by atoms with Gasteiger partial charge in [0.05, 0.1) is 4.70 Å². The Morgan fingerprint density at radius 1 is 1.53 bits per heavy atom. The van der Waals surface area contributed by atoms with Crippen molar-refractivity contribution in [2.75, 3.05) is 6.54 Å². The van der Waals surface area contributed by atoms with Gasteiger partial charge < -0.3 is 10.4 Å². The van der Waals surface area contributed by atoms with E-state index in [9.17, 15) is 4.79 Å². The quantitative estimate of drug-likeness (QED) is 0.836. The van der Waals surface area contributed by atoms with Crippen LogP contribution >= 0.6 is 11.5 Å². The van der Waals surface area contributed by atoms with Crippen molar-refractivity contribution in [2.24, 2.45) is 0 Å². The van der Waals surface area contributed by atoms with Gasteiger partial charge in [0, 0.05) is 18.1 Å². The second-order valence-electron chi connectivity index (χ2n) is 3.18. The number of amides is 1. The first kappa shape index (κ1) is 9.92. The summed E-state index contributed by atoms with van der Waals surface area (Å²) in [5.74, 6) is 0. The fourth-order valence-electron chi connectivity index (χ4n) is 1.39. The molecule has 2 N–H and O–H groups in total. The van der Waals surface area contributed by atoms with E-state index in [2.05, 4.69) is 9.69 Å². The van der Waals surface area contributed by atoms with Crippen molar-refractivity contribution in [1.82, 2.24) is 9.69 Å². The van der Waals surface area contributed by atoms with Crippen LogP contribution in [0.2, 0.25) is 0 Å². The van der Waals surface area contributed by atoms with Gasteiger partial charge in [-0.3, -0.25) is 0 Å². The summed E-state index contributed by atoms with van der Waals surface area (Å²) in [5, 5.41) is 11.9. The number of aromatic nitrogens is 1. The normalized spacial score (nSPS) is 10.4. The topological polar surface area (TPSA) is 62.2 Å². The van der Waals surface area contributed by atoms with E-state index in [0.717, 1.165) is 15.6 Å². The fraction of sp³-hybridized carbons (Fsp3) is 0.200. The number of fused-ring (bicyclic) bond motifs is 1. The van der Waals surface area contributed by atoms with Gasteiger partial charge in [-0.25, -0.2) is 4.79 Å². The lowest BCUT2D eigenvalue weighted by atomic mass is 10.1. The highest BCUT2D eigenvalue weighted by atomic mass is 32.1. The van der Waals surface area contributed by atoms with Gasteiger partial charge in [-0.1, -0.05) is 6.07 Å². The number of nitrogens with zero attached hydrogens (tertiary/aromatic N) is 1. The molecule has 0 aliphatic carbocycles. The van der Waals surface area contributed by atoms with Gasteiger partial charge in [-0.15, -0.1) is 0 Å². The molecule has 0 aliphatic heterocycles. The number of carboxylic acid groups (broad SMARTS) is 1. The molecule has 0 radical (unpaired) electrons. The second kappa shape index (κ2) is 4.27. The number of hydrogen-bond acceptors (Lipinski definition) is 3. The molecule has 0 fully saturated rings. The zero-order valence-electron chi connectivity index (χ0n) is 7.93. The lowest BCUT2D eigenvalue weighted by molar-refractivity contribution is 0.194. The molecule has 5 heteroatoms. The first-order chi connectivity index (χ1) is 7.25. The van der Waals surface area contributed by atoms with E-state index in [1.54, 1.807) is 0 Å². The number of rotatable bonds is 3. The highest BCUT2D eigenvalue weighted by molar-refractivity contribution is 7.13. The fourth-order valence-corrected chi connectivity index (χ4v) is 2.02. The Bertz CT molecular complexity index is 481. The molecule has 0 saturated carbocycles. The largest absolute Gasteiger partial charge is 0.465 e. The minimum absolute atomic E-state index is 0.443. The van der Waals surface area contributed by atoms with Crippen LogP contribution in [0.25, 0.3) is 10.1 Å². The SMILES string of the molecule is O=C(O)NCCc1ccc2sncc2c1. The first-order valence-electron chi connectivity index (χ1n) is 4.56. The van der Waals surface area contributed by atoms with Crippen LogP contribution in [0.4, 0.5) is 4.79 Å². The van der Waals surface area contributed by atoms with Crippen molar-refractivity contribution in [2.45, 2.75) is 6.42 Å². The number of carbonyl (C=O) groups is 1. The molecule has 4 nitrogen and oxygen atoms in total. The van der Waals surface area contributed by atoms with Crippen LogP contribution in [-0.2, 0) is 6.42 Å². The van der Waals surface area contributed by atoms with Crippen LogP contribution in [0.5, 0.6) is 0 Å². The van der Waals surface area contributed by atoms with E-state index >= 15 is 0 Å². The molecule has 0 unspecified atom stereocenters. The molecule has 78 valence electrons. The van der Waals surface area contributed by atoms with Gasteiger partial charge in [0.15, 0.2) is 0 Å². The summed E-state index contributed by atoms with van der Waals surface area (Å²) in [4.78, 5) is 10.2. The molecule has 1 heterocycles. The van der Waals surface area contributed by atoms with Crippen molar-refractivity contribution in [3.05, 3.63) is 30.0 Å². The van der Waals surface area contributed by atoms with E-state index in [1.165, 1.54) is 11.5 Å². The smallest absolute Gasteiger partial charge is 0.404 e. The predicted octanol–water partition coefficient (Wildman–Crippen LogP) is 2.11. The zero-order valence-corrected chi connectivity index (χ0v) is 8.75. The van der Waals surface area contributed by atoms with Crippen LogP contribution in [0.1, 0.15) is 5.56 Å². The summed E-state index contributed by atoms with van der Waals surface area (Å²) in [6.45, 7) is 0.443. The minimum atomic E-state index is -0.978. The molecule has 15 heavy (non-hydrogen) atoms. The van der Waals surface area contributed by atoms with Gasteiger partial charge in [0.2, 0.25) is 0 Å². The number of hydrogen-bond donors (Lipinski definition) is 2. The number of benzene rings is 1. The maximum Gasteiger partial charge on any atom is 0.404 e. The van der Waals surface area contributed by atoms with Crippen molar-refractivity contribution in [3.8, 4) is 0 Å². The van der Waals surface area contributed by atoms with Crippen molar-refractivity contribution in [1.29, 1.82) is 0 Å². The van der Waals surface area contributed by atoms with Crippen molar-refractivity contribution in [3.63, 3.8) is 0 Å². The Morgan fingerprint density at radius 2 is 2.40 bits per heavy atom. The summed E-state index contributed by atoms with van der Waals surface area (Å²) in [7, 11) is 0. The van der Waals surface area contributed by atoms with Crippen LogP contribution in [-0.4, -0.2) is 22.1 Å². The van der Waals surface area contributed by atoms with Gasteiger partial charge in [0.1, 0.15) is 0 Å². The molecule has 1 aromatic heterocycles. The van der Waals surface area contributed by atoms with E-state index in [1.807, 2.05) is 24.4 Å². The zero-order chi connectivity index (χ0) is 10.7. The Balaban J connectivity index is 2.04. The Labute approximate surface area is 90.7 Å². The summed E-state index contributed by atoms with van der Waals surface area (Å²) in [6.07, 6.45) is 1.56. The Kier molecular flexibility index (Phi) is 2.82. The molecular formula is C10H10N2O2S. The minimum Gasteiger partial charge on any atom is -0.465 e. The molecule has 2 aromatic rings. The lowest BCUT2D eigenvalue weighted by Gasteiger charge is -2.01. The summed E-state index contributed by atoms with van der Waals surface area (Å²) in [6, 6.07) is 6.06. The molecule has 0 saturated heterocycles. The molecule has 1 amide bonds. The molecule has 1 aromatic carbocycles. The summed E-state index contributed by atoms with van der Waals surface area (Å²) >= 11 is 1.47. The predicted molar refractivity (Wildman–Crippen MR) is 59.4 cm³/mol. The molecule has 0 atom stereocenters. The van der Waals surface area contributed by atoms with Gasteiger partial charge in [0.25, 0.3) is 0 Å². The average Bonchev–Trinajstić information content (AvgIpc) is 2.64. The average molecular weight is 222 g/mol. The summed E-state index contributed by atoms with van der Waals surface area (Å²) in [5.41, 5.74) is 1.12. The van der Waals surface area contributed by atoms with Crippen LogP contribution < -0.4 is 5.32 Å². The standard InChI is InChI=1S/C10H10N2O2S/c13-10(14)11-4-3-7-1-2-9-8(5-7)6-12-15-9/h1-2,5-6,11H,3-4H2,(H,13,14). The summed E-state index contributed by atoms with van der Waals surface area (Å²) < 4.78 is 5.24. The third kappa shape index (κ3) is 2.44. The van der Waals surface area contributed by atoms with Gasteiger partial charge in [-0.2, -0.15) is 4.37 Å². The molecule has 0 spiro atoms. The van der Waals surface area contributed by atoms with E-state index < -0.39 is 6.09 Å². The van der Waals surface area contributed by atoms with E-state index in [0.29, 0.717) is 13.0 Å². The monoisotopic (exact) mass is 222 g/mol. The van der Waals surface area contributed by atoms with E-state index in [-0.39, 0.29) is 0 Å². The third-order valence-electron chi connectivity index (χ3n) is 2.11. The van der Waals surface area contributed by atoms with Gasteiger partial charge in [-0.05, 0) is 35.6 Å². The molecule has 0 bridgehead atoms. The van der Waals surface area contributed by atoms with Crippen LogP contribution in [0.15, 0.2) is 24.4 Å². The van der Waals surface area contributed by atoms with Crippen molar-refractivity contribution >= 4 is 27.7 Å². The Hall–Kier alpha value is -1.62. The first-order valence-corrected chi connectivity index (χ1v) is 5.33. The van der Waals surface area contributed by atoms with Crippen LogP contribution in [0.3, 0.4) is 0 Å². The maximum atomic E-state index is 10.2. The Morgan fingerprint density at radius 3 is 3.20 bits per heavy atom. The van der Waals surface area contributed by atoms with Crippen LogP contribution in [0, 0.1) is 0 Å². The maximum absolute atomic E-state index is 10.2. The second-order valence-corrected chi connectivity index (χ2v) is 4.01. The molecular weight excluding hydrogens is 212 g/mol. The molecule has 2 rings (SSSR count). The van der Waals surface area contributed by atoms with Gasteiger partial charge >= 0.3 is 6.09 Å². The van der Waals surface area contributed by atoms with E-state index in [4.69, 9.17) is 5.11 Å². The molecule has 0 aliphatic rings. The lowest BCUT2D eigenvalue weighted by Crippen LogP contribution is -2.23.